The fourth-order valence-electron chi connectivity index (χ4n) is 1.18. The fourth-order valence-corrected chi connectivity index (χ4v) is 2.21. The molecule has 0 spiro atoms. The lowest BCUT2D eigenvalue weighted by Gasteiger charge is -2.12. The van der Waals surface area contributed by atoms with Gasteiger partial charge in [0.2, 0.25) is 0 Å². The van der Waals surface area contributed by atoms with Crippen LogP contribution in [0, 0.1) is 3.57 Å². The highest BCUT2D eigenvalue weighted by Crippen LogP contribution is 2.20. The third-order valence-electron chi connectivity index (χ3n) is 1.96. The topological polar surface area (TPSA) is 65.2 Å². The van der Waals surface area contributed by atoms with Crippen molar-refractivity contribution in [1.29, 1.82) is 0 Å². The number of hydrogen-bond donors (Lipinski definition) is 1. The minimum Gasteiger partial charge on any atom is -0.465 e. The van der Waals surface area contributed by atoms with Gasteiger partial charge in [-0.3, -0.25) is 4.79 Å². The second-order valence-corrected chi connectivity index (χ2v) is 4.65. The van der Waals surface area contributed by atoms with E-state index >= 15 is 0 Å². The van der Waals surface area contributed by atoms with E-state index in [-0.39, 0.29) is 0 Å². The highest BCUT2D eigenvalue weighted by atomic mass is 127. The molecule has 1 aromatic rings. The monoisotopic (exact) mass is 354 g/mol. The van der Waals surface area contributed by atoms with Gasteiger partial charge >= 0.3 is 5.97 Å². The van der Waals surface area contributed by atoms with Gasteiger partial charge in [0.15, 0.2) is 0 Å². The van der Waals surface area contributed by atoms with Gasteiger partial charge in [-0.1, -0.05) is 11.6 Å². The maximum Gasteiger partial charge on any atom is 0.323 e. The summed E-state index contributed by atoms with van der Waals surface area (Å²) in [4.78, 5) is 15.3. The first-order chi connectivity index (χ1) is 7.56. The van der Waals surface area contributed by atoms with E-state index in [1.54, 1.807) is 13.1 Å². The molecule has 0 aliphatic rings. The lowest BCUT2D eigenvalue weighted by atomic mass is 10.1. The molecule has 1 aromatic heterocycles. The van der Waals surface area contributed by atoms with Crippen molar-refractivity contribution in [2.24, 2.45) is 5.73 Å². The van der Waals surface area contributed by atoms with Crippen LogP contribution >= 0.6 is 34.2 Å². The van der Waals surface area contributed by atoms with Crippen molar-refractivity contribution in [3.05, 3.63) is 26.5 Å². The van der Waals surface area contributed by atoms with Gasteiger partial charge in [-0.05, 0) is 35.6 Å². The standard InChI is InChI=1S/C10H12ClIN2O2/c1-2-16-10(15)8(13)5-6-7(12)3-4-14-9(6)11/h3-4,8H,2,5,13H2,1H3. The minimum atomic E-state index is -0.699. The lowest BCUT2D eigenvalue weighted by Crippen LogP contribution is -2.34. The zero-order valence-electron chi connectivity index (χ0n) is 8.74. The quantitative estimate of drug-likeness (QED) is 0.508. The zero-order chi connectivity index (χ0) is 12.1. The van der Waals surface area contributed by atoms with E-state index in [2.05, 4.69) is 27.6 Å². The number of carbonyl (C=O) groups is 1. The van der Waals surface area contributed by atoms with Crippen LogP contribution in [-0.4, -0.2) is 23.6 Å². The number of nitrogens with zero attached hydrogens (tertiary/aromatic N) is 1. The van der Waals surface area contributed by atoms with Crippen LogP contribution in [0.2, 0.25) is 5.15 Å². The van der Waals surface area contributed by atoms with Crippen molar-refractivity contribution in [3.8, 4) is 0 Å². The summed E-state index contributed by atoms with van der Waals surface area (Å²) < 4.78 is 5.77. The molecule has 1 heterocycles. The summed E-state index contributed by atoms with van der Waals surface area (Å²) in [6, 6.07) is 1.12. The van der Waals surface area contributed by atoms with Crippen molar-refractivity contribution in [2.75, 3.05) is 6.61 Å². The van der Waals surface area contributed by atoms with Gasteiger partial charge in [-0.15, -0.1) is 0 Å². The van der Waals surface area contributed by atoms with E-state index in [0.29, 0.717) is 18.2 Å². The van der Waals surface area contributed by atoms with Gasteiger partial charge in [0, 0.05) is 21.8 Å². The third-order valence-corrected chi connectivity index (χ3v) is 3.30. The van der Waals surface area contributed by atoms with E-state index in [0.717, 1.165) is 9.13 Å². The Morgan fingerprint density at radius 3 is 3.00 bits per heavy atom. The summed E-state index contributed by atoms with van der Waals surface area (Å²) in [6.45, 7) is 2.07. The van der Waals surface area contributed by atoms with Crippen molar-refractivity contribution >= 4 is 40.2 Å². The second-order valence-electron chi connectivity index (χ2n) is 3.12. The van der Waals surface area contributed by atoms with E-state index in [1.807, 2.05) is 6.07 Å². The molecular formula is C10H12ClIN2O2. The Hall–Kier alpha value is -0.400. The van der Waals surface area contributed by atoms with Crippen LogP contribution in [0.25, 0.3) is 0 Å². The molecule has 0 aromatic carbocycles. The molecule has 0 amide bonds. The summed E-state index contributed by atoms with van der Waals surface area (Å²) in [5, 5.41) is 0.381. The number of hydrogen-bond acceptors (Lipinski definition) is 4. The first kappa shape index (κ1) is 13.7. The number of aromatic nitrogens is 1. The SMILES string of the molecule is CCOC(=O)C(N)Cc1c(I)ccnc1Cl. The van der Waals surface area contributed by atoms with Gasteiger partial charge in [0.1, 0.15) is 11.2 Å². The van der Waals surface area contributed by atoms with Gasteiger partial charge in [0.25, 0.3) is 0 Å². The van der Waals surface area contributed by atoms with E-state index < -0.39 is 12.0 Å². The van der Waals surface area contributed by atoms with Crippen LogP contribution in [0.1, 0.15) is 12.5 Å². The number of rotatable bonds is 4. The van der Waals surface area contributed by atoms with Gasteiger partial charge in [0.05, 0.1) is 6.61 Å². The van der Waals surface area contributed by atoms with Crippen molar-refractivity contribution < 1.29 is 9.53 Å². The molecule has 0 aliphatic heterocycles. The molecule has 6 heteroatoms. The molecule has 0 aliphatic carbocycles. The zero-order valence-corrected chi connectivity index (χ0v) is 11.7. The highest BCUT2D eigenvalue weighted by molar-refractivity contribution is 14.1. The predicted molar refractivity (Wildman–Crippen MR) is 70.3 cm³/mol. The Bertz CT molecular complexity index is 367. The third kappa shape index (κ3) is 3.57. The maximum absolute atomic E-state index is 11.4. The van der Waals surface area contributed by atoms with Crippen LogP contribution in [0.5, 0.6) is 0 Å². The number of carbonyl (C=O) groups excluding carboxylic acids is 1. The summed E-state index contributed by atoms with van der Waals surface area (Å²) in [7, 11) is 0. The molecule has 0 bridgehead atoms. The number of nitrogens with two attached hydrogens (primary N) is 1. The molecule has 0 fully saturated rings. The molecular weight excluding hydrogens is 342 g/mol. The van der Waals surface area contributed by atoms with Crippen LogP contribution in [0.15, 0.2) is 12.3 Å². The van der Waals surface area contributed by atoms with E-state index in [4.69, 9.17) is 22.1 Å². The first-order valence-corrected chi connectivity index (χ1v) is 6.23. The fraction of sp³-hybridized carbons (Fsp3) is 0.400. The molecule has 2 N–H and O–H groups in total. The molecule has 88 valence electrons. The van der Waals surface area contributed by atoms with Gasteiger partial charge in [-0.2, -0.15) is 0 Å². The predicted octanol–water partition coefficient (Wildman–Crippen LogP) is 1.77. The summed E-state index contributed by atoms with van der Waals surface area (Å²) in [6.07, 6.45) is 1.95. The second kappa shape index (κ2) is 6.36. The Kier molecular flexibility index (Phi) is 5.43. The van der Waals surface area contributed by atoms with Crippen molar-refractivity contribution in [2.45, 2.75) is 19.4 Å². The summed E-state index contributed by atoms with van der Waals surface area (Å²) >= 11 is 8.06. The molecule has 0 saturated heterocycles. The largest absolute Gasteiger partial charge is 0.465 e. The molecule has 1 rings (SSSR count). The van der Waals surface area contributed by atoms with Crippen LogP contribution < -0.4 is 5.73 Å². The Balaban J connectivity index is 2.76. The normalized spacial score (nSPS) is 12.2. The average Bonchev–Trinajstić information content (AvgIpc) is 2.23. The highest BCUT2D eigenvalue weighted by Gasteiger charge is 2.18. The van der Waals surface area contributed by atoms with Gasteiger partial charge < -0.3 is 10.5 Å². The van der Waals surface area contributed by atoms with Crippen molar-refractivity contribution in [1.82, 2.24) is 4.98 Å². The number of ether oxygens (including phenoxy) is 1. The molecule has 16 heavy (non-hydrogen) atoms. The summed E-state index contributed by atoms with van der Waals surface area (Å²) in [5.41, 5.74) is 6.49. The van der Waals surface area contributed by atoms with Crippen molar-refractivity contribution in [3.63, 3.8) is 0 Å². The Labute approximate surface area is 113 Å². The molecule has 0 saturated carbocycles. The summed E-state index contributed by atoms with van der Waals surface area (Å²) in [5.74, 6) is -0.418. The minimum absolute atomic E-state index is 0.324. The molecule has 4 nitrogen and oxygen atoms in total. The Morgan fingerprint density at radius 1 is 1.75 bits per heavy atom. The number of halogens is 2. The number of pyridine rings is 1. The lowest BCUT2D eigenvalue weighted by molar-refractivity contribution is -0.144. The van der Waals surface area contributed by atoms with Gasteiger partial charge in [-0.25, -0.2) is 4.98 Å². The average molecular weight is 355 g/mol. The van der Waals surface area contributed by atoms with E-state index in [1.165, 1.54) is 0 Å². The Morgan fingerprint density at radius 2 is 2.44 bits per heavy atom. The van der Waals surface area contributed by atoms with E-state index in [9.17, 15) is 4.79 Å². The maximum atomic E-state index is 11.4. The van der Waals surface area contributed by atoms with Crippen LogP contribution in [-0.2, 0) is 16.0 Å². The molecule has 1 unspecified atom stereocenters. The first-order valence-electron chi connectivity index (χ1n) is 4.77. The molecule has 0 radical (unpaired) electrons. The number of esters is 1. The smallest absolute Gasteiger partial charge is 0.323 e. The van der Waals surface area contributed by atoms with Crippen LogP contribution in [0.4, 0.5) is 0 Å². The molecule has 1 atom stereocenters. The van der Waals surface area contributed by atoms with Crippen LogP contribution in [0.3, 0.4) is 0 Å².